The third-order valence-corrected chi connectivity index (χ3v) is 4.60. The van der Waals surface area contributed by atoms with Gasteiger partial charge < -0.3 is 4.57 Å². The highest BCUT2D eigenvalue weighted by atomic mass is 79.9. The van der Waals surface area contributed by atoms with Crippen LogP contribution in [0.4, 0.5) is 5.69 Å². The average molecular weight is 337 g/mol. The molecule has 3 aromatic rings. The molecule has 1 aromatic carbocycles. The van der Waals surface area contributed by atoms with Crippen molar-refractivity contribution in [1.82, 2.24) is 4.57 Å². The van der Waals surface area contributed by atoms with E-state index in [-0.39, 0.29) is 10.6 Å². The summed E-state index contributed by atoms with van der Waals surface area (Å²) in [6.07, 6.45) is 1.96. The van der Waals surface area contributed by atoms with Crippen molar-refractivity contribution in [2.24, 2.45) is 0 Å². The minimum absolute atomic E-state index is 0.129. The van der Waals surface area contributed by atoms with Crippen LogP contribution in [0.2, 0.25) is 0 Å². The summed E-state index contributed by atoms with van der Waals surface area (Å²) in [5, 5.41) is 13.7. The summed E-state index contributed by atoms with van der Waals surface area (Å²) in [7, 11) is 0. The van der Waals surface area contributed by atoms with Crippen molar-refractivity contribution in [2.75, 3.05) is 0 Å². The number of nitrogens with zero attached hydrogens (tertiary/aromatic N) is 2. The molecule has 96 valence electrons. The lowest BCUT2D eigenvalue weighted by Gasteiger charge is -2.03. The normalized spacial score (nSPS) is 11.0. The number of non-ortho nitro benzene ring substituents is 1. The zero-order valence-corrected chi connectivity index (χ0v) is 12.1. The molecule has 2 aromatic heterocycles. The molecule has 0 saturated carbocycles. The third kappa shape index (κ3) is 2.41. The molecule has 0 saturated heterocycles. The maximum atomic E-state index is 10.7. The van der Waals surface area contributed by atoms with Gasteiger partial charge in [0.25, 0.3) is 5.69 Å². The Morgan fingerprint density at radius 3 is 2.84 bits per heavy atom. The number of hydrogen-bond acceptors (Lipinski definition) is 3. The lowest BCUT2D eigenvalue weighted by Crippen LogP contribution is -1.95. The van der Waals surface area contributed by atoms with Gasteiger partial charge in [-0.15, -0.1) is 11.3 Å². The molecule has 0 spiro atoms. The van der Waals surface area contributed by atoms with E-state index >= 15 is 0 Å². The summed E-state index contributed by atoms with van der Waals surface area (Å²) in [6.45, 7) is 0.775. The van der Waals surface area contributed by atoms with Crippen LogP contribution in [0.1, 0.15) is 4.88 Å². The van der Waals surface area contributed by atoms with Crippen molar-refractivity contribution in [2.45, 2.75) is 6.54 Å². The molecule has 0 unspecified atom stereocenters. The van der Waals surface area contributed by atoms with Gasteiger partial charge in [-0.05, 0) is 34.1 Å². The van der Waals surface area contributed by atoms with E-state index in [4.69, 9.17) is 0 Å². The quantitative estimate of drug-likeness (QED) is 0.525. The zero-order chi connectivity index (χ0) is 13.4. The molecule has 0 amide bonds. The molecule has 0 aliphatic carbocycles. The van der Waals surface area contributed by atoms with E-state index < -0.39 is 0 Å². The fourth-order valence-electron chi connectivity index (χ4n) is 2.04. The SMILES string of the molecule is O=[N+]([O-])c1ccc2c(ccn2Cc2cc(Br)cs2)c1. The zero-order valence-electron chi connectivity index (χ0n) is 9.75. The van der Waals surface area contributed by atoms with Crippen LogP contribution in [0.5, 0.6) is 0 Å². The number of rotatable bonds is 3. The van der Waals surface area contributed by atoms with Crippen LogP contribution in [0.25, 0.3) is 10.9 Å². The molecule has 3 rings (SSSR count). The first kappa shape index (κ1) is 12.4. The second-order valence-electron chi connectivity index (χ2n) is 4.18. The van der Waals surface area contributed by atoms with Gasteiger partial charge in [0.2, 0.25) is 0 Å². The Balaban J connectivity index is 1.99. The highest BCUT2D eigenvalue weighted by Gasteiger charge is 2.09. The standard InChI is InChI=1S/C13H9BrN2O2S/c14-10-6-12(19-8-10)7-15-4-3-9-5-11(16(17)18)1-2-13(9)15/h1-6,8H,7H2. The molecule has 2 heterocycles. The van der Waals surface area contributed by atoms with Gasteiger partial charge in [0.15, 0.2) is 0 Å². The van der Waals surface area contributed by atoms with Crippen LogP contribution in [0, 0.1) is 10.1 Å². The maximum absolute atomic E-state index is 10.7. The van der Waals surface area contributed by atoms with Gasteiger partial charge in [-0.2, -0.15) is 0 Å². The third-order valence-electron chi connectivity index (χ3n) is 2.91. The molecule has 0 fully saturated rings. The molecule has 0 aliphatic rings. The van der Waals surface area contributed by atoms with E-state index in [0.29, 0.717) is 0 Å². The summed E-state index contributed by atoms with van der Waals surface area (Å²) in [5.41, 5.74) is 1.14. The van der Waals surface area contributed by atoms with E-state index in [2.05, 4.69) is 26.6 Å². The minimum Gasteiger partial charge on any atom is -0.342 e. The molecule has 0 aliphatic heterocycles. The Morgan fingerprint density at radius 2 is 2.16 bits per heavy atom. The number of nitro benzene ring substituents is 1. The Hall–Kier alpha value is -1.66. The number of aromatic nitrogens is 1. The van der Waals surface area contributed by atoms with E-state index in [0.717, 1.165) is 21.9 Å². The maximum Gasteiger partial charge on any atom is 0.270 e. The van der Waals surface area contributed by atoms with E-state index in [9.17, 15) is 10.1 Å². The van der Waals surface area contributed by atoms with Gasteiger partial charge in [-0.3, -0.25) is 10.1 Å². The topological polar surface area (TPSA) is 48.1 Å². The molecule has 0 bridgehead atoms. The van der Waals surface area contributed by atoms with Crippen LogP contribution < -0.4 is 0 Å². The van der Waals surface area contributed by atoms with Gasteiger partial charge in [-0.25, -0.2) is 0 Å². The van der Waals surface area contributed by atoms with Crippen molar-refractivity contribution < 1.29 is 4.92 Å². The predicted octanol–water partition coefficient (Wildman–Crippen LogP) is 4.42. The monoisotopic (exact) mass is 336 g/mol. The van der Waals surface area contributed by atoms with Crippen LogP contribution in [0.3, 0.4) is 0 Å². The Morgan fingerprint density at radius 1 is 1.32 bits per heavy atom. The largest absolute Gasteiger partial charge is 0.342 e. The lowest BCUT2D eigenvalue weighted by molar-refractivity contribution is -0.384. The summed E-state index contributed by atoms with van der Waals surface area (Å²) >= 11 is 5.13. The van der Waals surface area contributed by atoms with Crippen molar-refractivity contribution in [1.29, 1.82) is 0 Å². The van der Waals surface area contributed by atoms with Crippen molar-refractivity contribution in [3.05, 3.63) is 61.4 Å². The first-order chi connectivity index (χ1) is 9.13. The summed E-state index contributed by atoms with van der Waals surface area (Å²) in [4.78, 5) is 11.6. The van der Waals surface area contributed by atoms with E-state index in [1.807, 2.05) is 17.6 Å². The fourth-order valence-corrected chi connectivity index (χ4v) is 3.49. The lowest BCUT2D eigenvalue weighted by atomic mass is 10.2. The summed E-state index contributed by atoms with van der Waals surface area (Å²) in [5.74, 6) is 0. The first-order valence-corrected chi connectivity index (χ1v) is 7.27. The second kappa shape index (κ2) is 4.79. The second-order valence-corrected chi connectivity index (χ2v) is 6.09. The van der Waals surface area contributed by atoms with Crippen LogP contribution in [-0.2, 0) is 6.54 Å². The number of fused-ring (bicyclic) bond motifs is 1. The predicted molar refractivity (Wildman–Crippen MR) is 79.7 cm³/mol. The Kier molecular flexibility index (Phi) is 3.12. The van der Waals surface area contributed by atoms with Crippen molar-refractivity contribution in [3.8, 4) is 0 Å². The number of hydrogen-bond donors (Lipinski definition) is 0. The number of halogens is 1. The Bertz CT molecular complexity index is 763. The Labute approximate surface area is 121 Å². The molecular weight excluding hydrogens is 328 g/mol. The molecule has 6 heteroatoms. The van der Waals surface area contributed by atoms with E-state index in [1.165, 1.54) is 4.88 Å². The van der Waals surface area contributed by atoms with Crippen LogP contribution >= 0.6 is 27.3 Å². The number of benzene rings is 1. The molecule has 0 atom stereocenters. The molecule has 4 nitrogen and oxygen atoms in total. The summed E-state index contributed by atoms with van der Waals surface area (Å²) in [6, 6.07) is 8.95. The average Bonchev–Trinajstić information content (AvgIpc) is 2.96. The molecule has 0 N–H and O–H groups in total. The van der Waals surface area contributed by atoms with Gasteiger partial charge in [-0.1, -0.05) is 0 Å². The highest BCUT2D eigenvalue weighted by Crippen LogP contribution is 2.25. The minimum atomic E-state index is -0.368. The smallest absolute Gasteiger partial charge is 0.270 e. The number of thiophene rings is 1. The van der Waals surface area contributed by atoms with Crippen LogP contribution in [-0.4, -0.2) is 9.49 Å². The highest BCUT2D eigenvalue weighted by molar-refractivity contribution is 9.10. The van der Waals surface area contributed by atoms with Gasteiger partial charge >= 0.3 is 0 Å². The van der Waals surface area contributed by atoms with Gasteiger partial charge in [0.05, 0.1) is 11.5 Å². The molecular formula is C13H9BrN2O2S. The summed E-state index contributed by atoms with van der Waals surface area (Å²) < 4.78 is 3.18. The fraction of sp³-hybridized carbons (Fsp3) is 0.0769. The molecule has 0 radical (unpaired) electrons. The van der Waals surface area contributed by atoms with E-state index in [1.54, 1.807) is 29.5 Å². The van der Waals surface area contributed by atoms with Gasteiger partial charge in [0, 0.05) is 44.0 Å². The van der Waals surface area contributed by atoms with Crippen molar-refractivity contribution >= 4 is 43.9 Å². The van der Waals surface area contributed by atoms with Crippen molar-refractivity contribution in [3.63, 3.8) is 0 Å². The first-order valence-electron chi connectivity index (χ1n) is 5.60. The van der Waals surface area contributed by atoms with Crippen LogP contribution in [0.15, 0.2) is 46.4 Å². The number of nitro groups is 1. The van der Waals surface area contributed by atoms with Gasteiger partial charge in [0.1, 0.15) is 0 Å². The molecule has 19 heavy (non-hydrogen) atoms.